The second kappa shape index (κ2) is 4.16. The Balaban J connectivity index is 1.96. The van der Waals surface area contributed by atoms with Crippen molar-refractivity contribution in [2.45, 2.75) is 73.4 Å². The number of ether oxygens (including phenoxy) is 1. The minimum atomic E-state index is -0.276. The van der Waals surface area contributed by atoms with E-state index in [9.17, 15) is 4.79 Å². The van der Waals surface area contributed by atoms with Crippen molar-refractivity contribution < 1.29 is 9.53 Å². The third-order valence-electron chi connectivity index (χ3n) is 7.21. The summed E-state index contributed by atoms with van der Waals surface area (Å²) in [6.45, 7) is 20.5. The van der Waals surface area contributed by atoms with Crippen molar-refractivity contribution in [3.05, 3.63) is 0 Å². The highest BCUT2D eigenvalue weighted by atomic mass is 16.5. The number of hydrogen-bond acceptors (Lipinski definition) is 3. The van der Waals surface area contributed by atoms with Gasteiger partial charge in [-0.05, 0) is 32.6 Å². The molecule has 0 aromatic rings. The van der Waals surface area contributed by atoms with Crippen molar-refractivity contribution in [2.75, 3.05) is 19.8 Å². The molecule has 3 heteroatoms. The Bertz CT molecular complexity index is 505. The summed E-state index contributed by atoms with van der Waals surface area (Å²) in [7, 11) is 0. The predicted molar refractivity (Wildman–Crippen MR) is 88.8 cm³/mol. The van der Waals surface area contributed by atoms with Crippen molar-refractivity contribution in [1.82, 2.24) is 4.90 Å². The van der Waals surface area contributed by atoms with Crippen molar-refractivity contribution in [1.29, 1.82) is 0 Å². The van der Waals surface area contributed by atoms with Gasteiger partial charge in [0, 0.05) is 28.3 Å². The third-order valence-corrected chi connectivity index (χ3v) is 7.21. The van der Waals surface area contributed by atoms with Crippen molar-refractivity contribution >= 4 is 5.78 Å². The summed E-state index contributed by atoms with van der Waals surface area (Å²) in [5.74, 6) is 0.400. The predicted octanol–water partition coefficient (Wildman–Crippen LogP) is 3.52. The minimum absolute atomic E-state index is 0.0273. The highest BCUT2D eigenvalue weighted by Crippen LogP contribution is 2.84. The lowest BCUT2D eigenvalue weighted by Crippen LogP contribution is -2.50. The molecule has 2 heterocycles. The highest BCUT2D eigenvalue weighted by Gasteiger charge is 2.86. The molecular formula is C19H33NO2. The van der Waals surface area contributed by atoms with E-state index in [1.54, 1.807) is 0 Å². The molecule has 0 unspecified atom stereocenters. The lowest BCUT2D eigenvalue weighted by Gasteiger charge is -2.38. The maximum Gasteiger partial charge on any atom is 0.155 e. The molecule has 0 amide bonds. The first-order chi connectivity index (χ1) is 9.80. The Morgan fingerprint density at radius 1 is 1.05 bits per heavy atom. The highest BCUT2D eigenvalue weighted by molar-refractivity contribution is 5.89. The fraction of sp³-hybridized carbons (Fsp3) is 0.947. The number of ketones is 1. The van der Waals surface area contributed by atoms with E-state index in [1.807, 2.05) is 0 Å². The van der Waals surface area contributed by atoms with Crippen LogP contribution in [0.1, 0.15) is 61.8 Å². The van der Waals surface area contributed by atoms with E-state index in [1.165, 1.54) is 0 Å². The van der Waals surface area contributed by atoms with Crippen LogP contribution in [0.5, 0.6) is 0 Å². The van der Waals surface area contributed by atoms with E-state index in [4.69, 9.17) is 4.74 Å². The Morgan fingerprint density at radius 2 is 1.59 bits per heavy atom. The summed E-state index contributed by atoms with van der Waals surface area (Å²) < 4.78 is 5.60. The van der Waals surface area contributed by atoms with Crippen LogP contribution in [-0.2, 0) is 9.53 Å². The van der Waals surface area contributed by atoms with Crippen molar-refractivity contribution in [3.63, 3.8) is 0 Å². The molecule has 0 bridgehead atoms. The van der Waals surface area contributed by atoms with E-state index in [0.29, 0.717) is 11.2 Å². The Morgan fingerprint density at radius 3 is 1.91 bits per heavy atom. The normalized spacial score (nSPS) is 36.6. The molecule has 0 aromatic carbocycles. The summed E-state index contributed by atoms with van der Waals surface area (Å²) in [5, 5.41) is 0. The molecule has 2 saturated heterocycles. The molecular weight excluding hydrogens is 274 g/mol. The number of nitrogens with zero attached hydrogens (tertiary/aromatic N) is 1. The number of Topliss-reactive ketones (excluding diaryl/α,β-unsaturated/α-hetero) is 1. The van der Waals surface area contributed by atoms with Crippen LogP contribution in [0.2, 0.25) is 0 Å². The Kier molecular flexibility index (Phi) is 3.11. The van der Waals surface area contributed by atoms with Gasteiger partial charge in [-0.3, -0.25) is 9.69 Å². The zero-order valence-electron chi connectivity index (χ0n) is 15.7. The first kappa shape index (κ1) is 16.4. The monoisotopic (exact) mass is 307 g/mol. The maximum absolute atomic E-state index is 13.1. The van der Waals surface area contributed by atoms with Crippen LogP contribution in [0.4, 0.5) is 0 Å². The SMILES string of the molecule is CC(C)(C)C(=O)[C@@H]1C[C@]2(CN1C(C)(C)C)C(C)(C)C21COC1. The molecule has 2 atom stereocenters. The van der Waals surface area contributed by atoms with Gasteiger partial charge in [-0.2, -0.15) is 0 Å². The molecule has 3 fully saturated rings. The average Bonchev–Trinajstić information content (AvgIpc) is 2.58. The molecule has 2 aliphatic heterocycles. The van der Waals surface area contributed by atoms with Gasteiger partial charge in [0.15, 0.2) is 5.78 Å². The summed E-state index contributed by atoms with van der Waals surface area (Å²) in [6, 6.07) is 0.0549. The quantitative estimate of drug-likeness (QED) is 0.742. The molecule has 2 spiro atoms. The number of carbonyl (C=O) groups excluding carboxylic acids is 1. The van der Waals surface area contributed by atoms with Crippen LogP contribution in [0, 0.1) is 21.7 Å². The van der Waals surface area contributed by atoms with E-state index < -0.39 is 0 Å². The standard InChI is InChI=1S/C19H33NO2/c1-15(2,3)14(21)13-9-18(10-20(13)16(4,5)6)17(7,8)19(18)11-22-12-19/h13H,9-12H2,1-8H3/t13-,18-/m0/s1. The summed E-state index contributed by atoms with van der Waals surface area (Å²) >= 11 is 0. The lowest BCUT2D eigenvalue weighted by molar-refractivity contribution is -0.132. The molecule has 0 radical (unpaired) electrons. The van der Waals surface area contributed by atoms with Crippen molar-refractivity contribution in [3.8, 4) is 0 Å². The molecule has 3 rings (SSSR count). The van der Waals surface area contributed by atoms with Crippen molar-refractivity contribution in [2.24, 2.45) is 21.7 Å². The van der Waals surface area contributed by atoms with Gasteiger partial charge in [0.25, 0.3) is 0 Å². The fourth-order valence-electron chi connectivity index (χ4n) is 5.35. The van der Waals surface area contributed by atoms with E-state index in [0.717, 1.165) is 26.2 Å². The molecule has 22 heavy (non-hydrogen) atoms. The van der Waals surface area contributed by atoms with E-state index in [-0.39, 0.29) is 27.8 Å². The zero-order chi connectivity index (χ0) is 16.8. The van der Waals surface area contributed by atoms with Crippen LogP contribution in [0.25, 0.3) is 0 Å². The smallest absolute Gasteiger partial charge is 0.155 e. The first-order valence-corrected chi connectivity index (χ1v) is 8.69. The average molecular weight is 307 g/mol. The number of rotatable bonds is 1. The topological polar surface area (TPSA) is 29.5 Å². The summed E-state index contributed by atoms with van der Waals surface area (Å²) in [4.78, 5) is 15.6. The molecule has 3 nitrogen and oxygen atoms in total. The first-order valence-electron chi connectivity index (χ1n) is 8.69. The van der Waals surface area contributed by atoms with Gasteiger partial charge in [-0.25, -0.2) is 0 Å². The number of fused-ring (bicyclic) bond motifs is 1. The second-order valence-electron chi connectivity index (χ2n) is 10.4. The van der Waals surface area contributed by atoms with Gasteiger partial charge in [-0.1, -0.05) is 34.6 Å². The van der Waals surface area contributed by atoms with Gasteiger partial charge < -0.3 is 4.74 Å². The van der Waals surface area contributed by atoms with Crippen LogP contribution in [0.3, 0.4) is 0 Å². The maximum atomic E-state index is 13.1. The molecule has 1 saturated carbocycles. The number of carbonyl (C=O) groups is 1. The molecule has 0 N–H and O–H groups in total. The summed E-state index contributed by atoms with van der Waals surface area (Å²) in [5.41, 5.74) is 0.615. The van der Waals surface area contributed by atoms with Gasteiger partial charge in [0.1, 0.15) is 0 Å². The third kappa shape index (κ3) is 1.73. The van der Waals surface area contributed by atoms with Gasteiger partial charge in [0.2, 0.25) is 0 Å². The fourth-order valence-corrected chi connectivity index (χ4v) is 5.35. The lowest BCUT2D eigenvalue weighted by atomic mass is 9.81. The van der Waals surface area contributed by atoms with Gasteiger partial charge in [-0.15, -0.1) is 0 Å². The molecule has 0 aromatic heterocycles. The molecule has 3 aliphatic rings. The Labute approximate surface area is 135 Å². The van der Waals surface area contributed by atoms with Crippen LogP contribution >= 0.6 is 0 Å². The number of likely N-dealkylation sites (tertiary alicyclic amines) is 1. The van der Waals surface area contributed by atoms with Crippen LogP contribution in [-0.4, -0.2) is 42.0 Å². The number of hydrogen-bond donors (Lipinski definition) is 0. The largest absolute Gasteiger partial charge is 0.380 e. The molecule has 126 valence electrons. The van der Waals surface area contributed by atoms with Gasteiger partial charge >= 0.3 is 0 Å². The van der Waals surface area contributed by atoms with E-state index in [2.05, 4.69) is 60.3 Å². The van der Waals surface area contributed by atoms with Gasteiger partial charge in [0.05, 0.1) is 19.3 Å². The van der Waals surface area contributed by atoms with Crippen LogP contribution < -0.4 is 0 Å². The Hall–Kier alpha value is -0.410. The minimum Gasteiger partial charge on any atom is -0.380 e. The molecule has 1 aliphatic carbocycles. The zero-order valence-corrected chi connectivity index (χ0v) is 15.7. The second-order valence-corrected chi connectivity index (χ2v) is 10.4. The summed E-state index contributed by atoms with van der Waals surface area (Å²) in [6.07, 6.45) is 1.01. The van der Waals surface area contributed by atoms with Crippen LogP contribution in [0.15, 0.2) is 0 Å². The van der Waals surface area contributed by atoms with E-state index >= 15 is 0 Å².